The summed E-state index contributed by atoms with van der Waals surface area (Å²) in [5.41, 5.74) is 0. The van der Waals surface area contributed by atoms with Crippen molar-refractivity contribution in [2.45, 2.75) is 51.2 Å². The molecule has 3 rings (SSSR count). The monoisotopic (exact) mass is 290 g/mol. The number of carbonyl (C=O) groups excluding carboxylic acids is 1. The van der Waals surface area contributed by atoms with Crippen LogP contribution in [0.4, 0.5) is 5.82 Å². The highest BCUT2D eigenvalue weighted by molar-refractivity contribution is 5.85. The Hall–Kier alpha value is -1.85. The van der Waals surface area contributed by atoms with Crippen molar-refractivity contribution in [2.24, 2.45) is 0 Å². The lowest BCUT2D eigenvalue weighted by Crippen LogP contribution is -2.54. The molecule has 1 aromatic rings. The van der Waals surface area contributed by atoms with Crippen molar-refractivity contribution >= 4 is 11.7 Å². The summed E-state index contributed by atoms with van der Waals surface area (Å²) in [7, 11) is 0. The van der Waals surface area contributed by atoms with Crippen LogP contribution in [0.5, 0.6) is 5.88 Å². The van der Waals surface area contributed by atoms with E-state index in [0.29, 0.717) is 18.2 Å². The third kappa shape index (κ3) is 3.25. The van der Waals surface area contributed by atoms with E-state index in [1.807, 2.05) is 11.8 Å². The third-order valence-corrected chi connectivity index (χ3v) is 4.23. The summed E-state index contributed by atoms with van der Waals surface area (Å²) in [5, 5.41) is 2.85. The minimum atomic E-state index is -0.224. The minimum Gasteiger partial charge on any atom is -0.473 e. The smallest absolute Gasteiger partial charge is 0.242 e. The van der Waals surface area contributed by atoms with E-state index in [2.05, 4.69) is 15.3 Å². The first-order chi connectivity index (χ1) is 10.2. The van der Waals surface area contributed by atoms with Crippen LogP contribution in [-0.4, -0.2) is 41.1 Å². The average Bonchev–Trinajstić information content (AvgIpc) is 2.51. The lowest BCUT2D eigenvalue weighted by Gasteiger charge is -2.33. The molecular formula is C15H22N4O2. The molecule has 6 nitrogen and oxygen atoms in total. The lowest BCUT2D eigenvalue weighted by atomic mass is 9.98. The molecule has 6 heteroatoms. The molecule has 1 saturated heterocycles. The summed E-state index contributed by atoms with van der Waals surface area (Å²) in [6, 6.07) is -0.224. The van der Waals surface area contributed by atoms with E-state index in [4.69, 9.17) is 4.74 Å². The summed E-state index contributed by atoms with van der Waals surface area (Å²) < 4.78 is 5.95. The van der Waals surface area contributed by atoms with Gasteiger partial charge in [-0.3, -0.25) is 9.78 Å². The number of hydrogen-bond donors (Lipinski definition) is 1. The molecule has 1 aliphatic heterocycles. The SMILES string of the molecule is CC1C(=O)NCCN1c1cncc(OC2CCCCC2)n1. The molecule has 2 fully saturated rings. The Kier molecular flexibility index (Phi) is 4.22. The van der Waals surface area contributed by atoms with Crippen molar-refractivity contribution in [3.05, 3.63) is 12.4 Å². The van der Waals surface area contributed by atoms with Crippen LogP contribution >= 0.6 is 0 Å². The fraction of sp³-hybridized carbons (Fsp3) is 0.667. The largest absolute Gasteiger partial charge is 0.473 e. The van der Waals surface area contributed by atoms with E-state index in [1.165, 1.54) is 19.3 Å². The highest BCUT2D eigenvalue weighted by Gasteiger charge is 2.27. The first-order valence-corrected chi connectivity index (χ1v) is 7.77. The summed E-state index contributed by atoms with van der Waals surface area (Å²) in [5.74, 6) is 1.31. The Balaban J connectivity index is 1.71. The summed E-state index contributed by atoms with van der Waals surface area (Å²) in [4.78, 5) is 22.5. The second-order valence-corrected chi connectivity index (χ2v) is 5.75. The number of amides is 1. The highest BCUT2D eigenvalue weighted by atomic mass is 16.5. The Bertz CT molecular complexity index is 502. The number of hydrogen-bond acceptors (Lipinski definition) is 5. The Labute approximate surface area is 124 Å². The number of anilines is 1. The van der Waals surface area contributed by atoms with Crippen LogP contribution in [0, 0.1) is 0 Å². The lowest BCUT2D eigenvalue weighted by molar-refractivity contribution is -0.122. The van der Waals surface area contributed by atoms with Gasteiger partial charge in [0, 0.05) is 13.1 Å². The second-order valence-electron chi connectivity index (χ2n) is 5.75. The van der Waals surface area contributed by atoms with Gasteiger partial charge in [-0.05, 0) is 32.6 Å². The fourth-order valence-electron chi connectivity index (χ4n) is 2.98. The number of carbonyl (C=O) groups is 1. The molecule has 1 atom stereocenters. The Morgan fingerprint density at radius 1 is 1.29 bits per heavy atom. The van der Waals surface area contributed by atoms with E-state index >= 15 is 0 Å². The van der Waals surface area contributed by atoms with Crippen LogP contribution in [0.15, 0.2) is 12.4 Å². The van der Waals surface area contributed by atoms with Gasteiger partial charge in [-0.2, -0.15) is 4.98 Å². The van der Waals surface area contributed by atoms with Crippen molar-refractivity contribution in [3.63, 3.8) is 0 Å². The number of piperazine rings is 1. The molecule has 1 N–H and O–H groups in total. The fourth-order valence-corrected chi connectivity index (χ4v) is 2.98. The first-order valence-electron chi connectivity index (χ1n) is 7.77. The van der Waals surface area contributed by atoms with Gasteiger partial charge >= 0.3 is 0 Å². The molecule has 1 amide bonds. The van der Waals surface area contributed by atoms with Gasteiger partial charge in [-0.1, -0.05) is 6.42 Å². The Morgan fingerprint density at radius 2 is 2.10 bits per heavy atom. The summed E-state index contributed by atoms with van der Waals surface area (Å²) >= 11 is 0. The third-order valence-electron chi connectivity index (χ3n) is 4.23. The Morgan fingerprint density at radius 3 is 2.90 bits per heavy atom. The molecule has 0 aromatic carbocycles. The van der Waals surface area contributed by atoms with Crippen molar-refractivity contribution in [2.75, 3.05) is 18.0 Å². The molecule has 1 unspecified atom stereocenters. The van der Waals surface area contributed by atoms with Gasteiger partial charge in [-0.15, -0.1) is 0 Å². The van der Waals surface area contributed by atoms with Gasteiger partial charge in [0.1, 0.15) is 12.1 Å². The molecule has 1 aliphatic carbocycles. The van der Waals surface area contributed by atoms with E-state index < -0.39 is 0 Å². The molecule has 21 heavy (non-hydrogen) atoms. The van der Waals surface area contributed by atoms with Crippen LogP contribution in [0.25, 0.3) is 0 Å². The zero-order valence-electron chi connectivity index (χ0n) is 12.4. The van der Waals surface area contributed by atoms with E-state index in [1.54, 1.807) is 12.4 Å². The van der Waals surface area contributed by atoms with Crippen LogP contribution < -0.4 is 15.0 Å². The number of nitrogens with one attached hydrogen (secondary N) is 1. The van der Waals surface area contributed by atoms with Crippen molar-refractivity contribution < 1.29 is 9.53 Å². The topological polar surface area (TPSA) is 67.4 Å². The predicted molar refractivity (Wildman–Crippen MR) is 79.4 cm³/mol. The molecule has 1 saturated carbocycles. The number of nitrogens with zero attached hydrogens (tertiary/aromatic N) is 3. The maximum Gasteiger partial charge on any atom is 0.242 e. The minimum absolute atomic E-state index is 0.0293. The maximum absolute atomic E-state index is 11.7. The maximum atomic E-state index is 11.7. The van der Waals surface area contributed by atoms with Crippen LogP contribution in [0.2, 0.25) is 0 Å². The molecule has 1 aromatic heterocycles. The van der Waals surface area contributed by atoms with Gasteiger partial charge in [0.05, 0.1) is 12.4 Å². The second kappa shape index (κ2) is 6.28. The quantitative estimate of drug-likeness (QED) is 0.914. The van der Waals surface area contributed by atoms with Gasteiger partial charge < -0.3 is 15.0 Å². The van der Waals surface area contributed by atoms with Gasteiger partial charge in [-0.25, -0.2) is 0 Å². The number of ether oxygens (including phenoxy) is 1. The van der Waals surface area contributed by atoms with Gasteiger partial charge in [0.25, 0.3) is 0 Å². The summed E-state index contributed by atoms with van der Waals surface area (Å²) in [6.07, 6.45) is 9.54. The van der Waals surface area contributed by atoms with Crippen molar-refractivity contribution in [1.29, 1.82) is 0 Å². The van der Waals surface area contributed by atoms with Crippen molar-refractivity contribution in [3.8, 4) is 5.88 Å². The van der Waals surface area contributed by atoms with Gasteiger partial charge in [0.15, 0.2) is 5.82 Å². The molecule has 2 aliphatic rings. The van der Waals surface area contributed by atoms with Crippen LogP contribution in [-0.2, 0) is 4.79 Å². The molecule has 2 heterocycles. The highest BCUT2D eigenvalue weighted by Crippen LogP contribution is 2.24. The van der Waals surface area contributed by atoms with E-state index in [-0.39, 0.29) is 18.1 Å². The first kappa shape index (κ1) is 14.1. The zero-order valence-corrected chi connectivity index (χ0v) is 12.4. The standard InChI is InChI=1S/C15H22N4O2/c1-11-15(20)17-7-8-19(11)13-9-16-10-14(18-13)21-12-5-3-2-4-6-12/h9-12H,2-8H2,1H3,(H,17,20). The molecule has 114 valence electrons. The normalized spacial score (nSPS) is 23.8. The predicted octanol–water partition coefficient (Wildman–Crippen LogP) is 1.51. The van der Waals surface area contributed by atoms with E-state index in [9.17, 15) is 4.79 Å². The van der Waals surface area contributed by atoms with E-state index in [0.717, 1.165) is 19.4 Å². The summed E-state index contributed by atoms with van der Waals surface area (Å²) in [6.45, 7) is 3.26. The molecule has 0 spiro atoms. The molecular weight excluding hydrogens is 268 g/mol. The number of rotatable bonds is 3. The van der Waals surface area contributed by atoms with Crippen LogP contribution in [0.3, 0.4) is 0 Å². The molecule has 0 bridgehead atoms. The van der Waals surface area contributed by atoms with Crippen molar-refractivity contribution in [1.82, 2.24) is 15.3 Å². The average molecular weight is 290 g/mol. The van der Waals surface area contributed by atoms with Crippen LogP contribution in [0.1, 0.15) is 39.0 Å². The molecule has 0 radical (unpaired) electrons. The number of aromatic nitrogens is 2. The zero-order chi connectivity index (χ0) is 14.7. The van der Waals surface area contributed by atoms with Gasteiger partial charge in [0.2, 0.25) is 11.8 Å².